The lowest BCUT2D eigenvalue weighted by atomic mass is 10.1. The van der Waals surface area contributed by atoms with Crippen molar-refractivity contribution in [3.63, 3.8) is 0 Å². The van der Waals surface area contributed by atoms with Gasteiger partial charge in [-0.25, -0.2) is 0 Å². The van der Waals surface area contributed by atoms with Crippen LogP contribution in [0.1, 0.15) is 23.0 Å². The molecular weight excluding hydrogens is 392 g/mol. The molecular formula is C24H30N4O3. The summed E-state index contributed by atoms with van der Waals surface area (Å²) in [6.07, 6.45) is 0.769. The summed E-state index contributed by atoms with van der Waals surface area (Å²) in [6, 6.07) is 15.9. The van der Waals surface area contributed by atoms with Gasteiger partial charge in [0.15, 0.2) is 5.69 Å². The van der Waals surface area contributed by atoms with E-state index in [9.17, 15) is 4.79 Å². The van der Waals surface area contributed by atoms with Crippen LogP contribution in [0.3, 0.4) is 0 Å². The molecule has 1 saturated heterocycles. The number of rotatable bonds is 8. The predicted molar refractivity (Wildman–Crippen MR) is 121 cm³/mol. The summed E-state index contributed by atoms with van der Waals surface area (Å²) in [5, 5.41) is 8.63. The summed E-state index contributed by atoms with van der Waals surface area (Å²) in [4.78, 5) is 15.5. The van der Waals surface area contributed by atoms with Crippen LogP contribution >= 0.6 is 0 Å². The van der Waals surface area contributed by atoms with Gasteiger partial charge in [-0.05, 0) is 25.0 Å². The van der Waals surface area contributed by atoms with Crippen molar-refractivity contribution < 1.29 is 14.3 Å². The van der Waals surface area contributed by atoms with E-state index in [1.165, 1.54) is 5.56 Å². The maximum absolute atomic E-state index is 13.1. The Kier molecular flexibility index (Phi) is 6.84. The standard InChI is InChI=1S/C24H30N4O3/c1-18(17-19-7-4-3-5-8-19)25-24(29)22-20-9-6-10-21(30-2)23(20)28(26-22)12-11-27-13-15-31-16-14-27/h3-10,18H,11-17H2,1-2H3,(H,25,29)/t18-/m1/s1. The van der Waals surface area contributed by atoms with E-state index in [1.807, 2.05) is 48.0 Å². The topological polar surface area (TPSA) is 68.6 Å². The molecule has 1 fully saturated rings. The highest BCUT2D eigenvalue weighted by molar-refractivity contribution is 6.06. The first-order chi connectivity index (χ1) is 15.2. The van der Waals surface area contributed by atoms with Gasteiger partial charge in [-0.3, -0.25) is 14.4 Å². The molecule has 0 bridgehead atoms. The first-order valence-corrected chi connectivity index (χ1v) is 10.8. The number of carbonyl (C=O) groups excluding carboxylic acids is 1. The van der Waals surface area contributed by atoms with E-state index in [4.69, 9.17) is 14.6 Å². The summed E-state index contributed by atoms with van der Waals surface area (Å²) >= 11 is 0. The molecule has 31 heavy (non-hydrogen) atoms. The third-order valence-electron chi connectivity index (χ3n) is 5.66. The number of aromatic nitrogens is 2. The highest BCUT2D eigenvalue weighted by Gasteiger charge is 2.22. The zero-order valence-electron chi connectivity index (χ0n) is 18.2. The van der Waals surface area contributed by atoms with Gasteiger partial charge in [-0.15, -0.1) is 0 Å². The number of fused-ring (bicyclic) bond motifs is 1. The summed E-state index contributed by atoms with van der Waals surface area (Å²) < 4.78 is 12.9. The molecule has 0 unspecified atom stereocenters. The van der Waals surface area contributed by atoms with E-state index in [0.29, 0.717) is 12.2 Å². The van der Waals surface area contributed by atoms with Gasteiger partial charge < -0.3 is 14.8 Å². The van der Waals surface area contributed by atoms with Gasteiger partial charge in [0.05, 0.1) is 26.9 Å². The highest BCUT2D eigenvalue weighted by atomic mass is 16.5. The highest BCUT2D eigenvalue weighted by Crippen LogP contribution is 2.28. The fraction of sp³-hybridized carbons (Fsp3) is 0.417. The van der Waals surface area contributed by atoms with Crippen LogP contribution in [0.25, 0.3) is 10.9 Å². The van der Waals surface area contributed by atoms with Gasteiger partial charge >= 0.3 is 0 Å². The molecule has 0 saturated carbocycles. The quantitative estimate of drug-likeness (QED) is 0.605. The summed E-state index contributed by atoms with van der Waals surface area (Å²) in [5.41, 5.74) is 2.49. The van der Waals surface area contributed by atoms with Crippen molar-refractivity contribution in [2.24, 2.45) is 0 Å². The van der Waals surface area contributed by atoms with Crippen LogP contribution < -0.4 is 10.1 Å². The van der Waals surface area contributed by atoms with Crippen molar-refractivity contribution in [1.29, 1.82) is 0 Å². The molecule has 1 amide bonds. The molecule has 2 aromatic carbocycles. The van der Waals surface area contributed by atoms with Crippen molar-refractivity contribution in [3.8, 4) is 5.75 Å². The molecule has 1 aliphatic rings. The number of nitrogens with zero attached hydrogens (tertiary/aromatic N) is 3. The Bertz CT molecular complexity index is 1010. The van der Waals surface area contributed by atoms with E-state index < -0.39 is 0 Å². The van der Waals surface area contributed by atoms with E-state index in [1.54, 1.807) is 7.11 Å². The normalized spacial score (nSPS) is 15.7. The zero-order chi connectivity index (χ0) is 21.6. The molecule has 2 heterocycles. The number of ether oxygens (including phenoxy) is 2. The van der Waals surface area contributed by atoms with Crippen molar-refractivity contribution in [2.75, 3.05) is 40.0 Å². The van der Waals surface area contributed by atoms with Crippen LogP contribution in [-0.2, 0) is 17.7 Å². The van der Waals surface area contributed by atoms with Gasteiger partial charge in [0, 0.05) is 31.1 Å². The lowest BCUT2D eigenvalue weighted by Gasteiger charge is -2.26. The minimum absolute atomic E-state index is 0.00550. The van der Waals surface area contributed by atoms with E-state index in [0.717, 1.165) is 55.9 Å². The second kappa shape index (κ2) is 9.94. The molecule has 3 aromatic rings. The van der Waals surface area contributed by atoms with Gasteiger partial charge in [0.1, 0.15) is 11.3 Å². The Morgan fingerprint density at radius 3 is 2.65 bits per heavy atom. The number of carbonyl (C=O) groups is 1. The second-order valence-electron chi connectivity index (χ2n) is 7.95. The second-order valence-corrected chi connectivity index (χ2v) is 7.95. The van der Waals surface area contributed by atoms with Crippen LogP contribution in [-0.4, -0.2) is 66.6 Å². The van der Waals surface area contributed by atoms with E-state index in [2.05, 4.69) is 22.3 Å². The Morgan fingerprint density at radius 2 is 1.90 bits per heavy atom. The zero-order valence-corrected chi connectivity index (χ0v) is 18.2. The number of hydrogen-bond acceptors (Lipinski definition) is 5. The number of benzene rings is 2. The Hall–Kier alpha value is -2.90. The first kappa shape index (κ1) is 21.3. The Labute approximate surface area is 182 Å². The van der Waals surface area contributed by atoms with Crippen LogP contribution in [0.5, 0.6) is 5.75 Å². The van der Waals surface area contributed by atoms with Gasteiger partial charge in [0.25, 0.3) is 5.91 Å². The molecule has 0 spiro atoms. The third-order valence-corrected chi connectivity index (χ3v) is 5.66. The predicted octanol–water partition coefficient (Wildman–Crippen LogP) is 2.74. The average Bonchev–Trinajstić information content (AvgIpc) is 3.18. The molecule has 7 heteroatoms. The number of amides is 1. The van der Waals surface area contributed by atoms with Crippen molar-refractivity contribution in [3.05, 3.63) is 59.8 Å². The first-order valence-electron chi connectivity index (χ1n) is 10.8. The number of morpholine rings is 1. The lowest BCUT2D eigenvalue weighted by Crippen LogP contribution is -2.38. The average molecular weight is 423 g/mol. The summed E-state index contributed by atoms with van der Waals surface area (Å²) in [7, 11) is 1.65. The smallest absolute Gasteiger partial charge is 0.272 e. The number of para-hydroxylation sites is 1. The Morgan fingerprint density at radius 1 is 1.13 bits per heavy atom. The minimum atomic E-state index is -0.160. The SMILES string of the molecule is COc1cccc2c(C(=O)N[C@H](C)Cc3ccccc3)nn(CCN3CCOCC3)c12. The van der Waals surface area contributed by atoms with E-state index >= 15 is 0 Å². The van der Waals surface area contributed by atoms with Crippen LogP contribution in [0.4, 0.5) is 0 Å². The van der Waals surface area contributed by atoms with Gasteiger partial charge in [-0.1, -0.05) is 42.5 Å². The molecule has 164 valence electrons. The summed E-state index contributed by atoms with van der Waals surface area (Å²) in [5.74, 6) is 0.565. The summed E-state index contributed by atoms with van der Waals surface area (Å²) in [6.45, 7) is 6.91. The molecule has 1 N–H and O–H groups in total. The lowest BCUT2D eigenvalue weighted by molar-refractivity contribution is 0.0361. The molecule has 0 radical (unpaired) electrons. The number of hydrogen-bond donors (Lipinski definition) is 1. The Balaban J connectivity index is 1.54. The largest absolute Gasteiger partial charge is 0.494 e. The fourth-order valence-corrected chi connectivity index (χ4v) is 4.07. The van der Waals surface area contributed by atoms with Gasteiger partial charge in [-0.2, -0.15) is 5.10 Å². The van der Waals surface area contributed by atoms with Crippen LogP contribution in [0.15, 0.2) is 48.5 Å². The maximum Gasteiger partial charge on any atom is 0.272 e. The van der Waals surface area contributed by atoms with Gasteiger partial charge in [0.2, 0.25) is 0 Å². The number of nitrogens with one attached hydrogen (secondary N) is 1. The molecule has 4 rings (SSSR count). The third kappa shape index (κ3) is 5.06. The maximum atomic E-state index is 13.1. The molecule has 1 atom stereocenters. The molecule has 7 nitrogen and oxygen atoms in total. The van der Waals surface area contributed by atoms with E-state index in [-0.39, 0.29) is 11.9 Å². The molecule has 0 aliphatic carbocycles. The van der Waals surface area contributed by atoms with Crippen LogP contribution in [0, 0.1) is 0 Å². The van der Waals surface area contributed by atoms with Crippen molar-refractivity contribution in [1.82, 2.24) is 20.0 Å². The fourth-order valence-electron chi connectivity index (χ4n) is 4.07. The minimum Gasteiger partial charge on any atom is -0.494 e. The molecule has 1 aliphatic heterocycles. The van der Waals surface area contributed by atoms with Crippen molar-refractivity contribution in [2.45, 2.75) is 25.9 Å². The molecule has 1 aromatic heterocycles. The van der Waals surface area contributed by atoms with Crippen molar-refractivity contribution >= 4 is 16.8 Å². The van der Waals surface area contributed by atoms with Crippen LogP contribution in [0.2, 0.25) is 0 Å². The number of methoxy groups -OCH3 is 1. The monoisotopic (exact) mass is 422 g/mol.